The van der Waals surface area contributed by atoms with E-state index in [2.05, 4.69) is 0 Å². The van der Waals surface area contributed by atoms with Crippen molar-refractivity contribution in [3.05, 3.63) is 29.3 Å². The summed E-state index contributed by atoms with van der Waals surface area (Å²) in [6, 6.07) is 4.83. The van der Waals surface area contributed by atoms with E-state index in [1.165, 1.54) is 6.07 Å². The van der Waals surface area contributed by atoms with Gasteiger partial charge in [-0.2, -0.15) is 0 Å². The van der Waals surface area contributed by atoms with Crippen LogP contribution >= 0.6 is 0 Å². The first-order chi connectivity index (χ1) is 9.76. The minimum absolute atomic E-state index is 0.0380. The molecule has 6 heteroatoms. The molecular formula is C15H24N2O3S. The summed E-state index contributed by atoms with van der Waals surface area (Å²) in [6.45, 7) is 8.32. The summed E-state index contributed by atoms with van der Waals surface area (Å²) >= 11 is 0. The van der Waals surface area contributed by atoms with E-state index in [4.69, 9.17) is 5.14 Å². The lowest BCUT2D eigenvalue weighted by Gasteiger charge is -2.27. The molecule has 1 rings (SSSR count). The fourth-order valence-electron chi connectivity index (χ4n) is 2.29. The topological polar surface area (TPSA) is 80.5 Å². The van der Waals surface area contributed by atoms with Gasteiger partial charge < -0.3 is 4.90 Å². The highest BCUT2D eigenvalue weighted by molar-refractivity contribution is 7.89. The minimum Gasteiger partial charge on any atom is -0.336 e. The van der Waals surface area contributed by atoms with Crippen LogP contribution in [0.1, 0.15) is 50.0 Å². The van der Waals surface area contributed by atoms with E-state index in [0.29, 0.717) is 24.1 Å². The number of benzene rings is 1. The van der Waals surface area contributed by atoms with E-state index in [0.717, 1.165) is 6.42 Å². The van der Waals surface area contributed by atoms with Crippen LogP contribution in [0, 0.1) is 0 Å². The molecule has 0 fully saturated rings. The Bertz CT molecular complexity index is 611. The van der Waals surface area contributed by atoms with Crippen LogP contribution in [-0.2, 0) is 16.4 Å². The molecule has 1 unspecified atom stereocenters. The predicted octanol–water partition coefficient (Wildman–Crippen LogP) is 2.16. The van der Waals surface area contributed by atoms with Gasteiger partial charge in [-0.1, -0.05) is 19.9 Å². The fraction of sp³-hybridized carbons (Fsp3) is 0.533. The zero-order valence-electron chi connectivity index (χ0n) is 13.1. The molecule has 0 saturated carbocycles. The van der Waals surface area contributed by atoms with Crippen LogP contribution in [-0.4, -0.2) is 31.8 Å². The van der Waals surface area contributed by atoms with E-state index in [9.17, 15) is 13.2 Å². The van der Waals surface area contributed by atoms with E-state index in [-0.39, 0.29) is 16.8 Å². The molecule has 0 aliphatic carbocycles. The van der Waals surface area contributed by atoms with Gasteiger partial charge in [0.05, 0.1) is 4.90 Å². The number of rotatable bonds is 6. The smallest absolute Gasteiger partial charge is 0.254 e. The Morgan fingerprint density at radius 2 is 1.90 bits per heavy atom. The molecule has 2 N–H and O–H groups in total. The summed E-state index contributed by atoms with van der Waals surface area (Å²) in [5, 5.41) is 5.24. The second kappa shape index (κ2) is 7.04. The first-order valence-electron chi connectivity index (χ1n) is 7.22. The van der Waals surface area contributed by atoms with Crippen LogP contribution in [0.4, 0.5) is 0 Å². The summed E-state index contributed by atoms with van der Waals surface area (Å²) in [5.41, 5.74) is 0.985. The number of sulfonamides is 1. The molecular weight excluding hydrogens is 288 g/mol. The molecule has 5 nitrogen and oxygen atoms in total. The van der Waals surface area contributed by atoms with Crippen molar-refractivity contribution < 1.29 is 13.2 Å². The van der Waals surface area contributed by atoms with Crippen LogP contribution < -0.4 is 5.14 Å². The number of nitrogens with two attached hydrogens (primary N) is 1. The van der Waals surface area contributed by atoms with Gasteiger partial charge in [0.2, 0.25) is 10.0 Å². The van der Waals surface area contributed by atoms with Crippen molar-refractivity contribution in [3.8, 4) is 0 Å². The average Bonchev–Trinajstić information content (AvgIpc) is 2.45. The predicted molar refractivity (Wildman–Crippen MR) is 83.7 cm³/mol. The molecule has 0 aromatic heterocycles. The van der Waals surface area contributed by atoms with Gasteiger partial charge in [-0.3, -0.25) is 4.79 Å². The molecule has 1 aromatic carbocycles. The molecule has 21 heavy (non-hydrogen) atoms. The maximum Gasteiger partial charge on any atom is 0.254 e. The van der Waals surface area contributed by atoms with Crippen LogP contribution in [0.25, 0.3) is 0 Å². The van der Waals surface area contributed by atoms with Gasteiger partial charge in [0.25, 0.3) is 5.91 Å². The van der Waals surface area contributed by atoms with Gasteiger partial charge in [-0.15, -0.1) is 0 Å². The molecule has 118 valence electrons. The molecule has 0 aliphatic rings. The second-order valence-corrected chi connectivity index (χ2v) is 6.60. The Hall–Kier alpha value is -1.40. The maximum atomic E-state index is 12.5. The van der Waals surface area contributed by atoms with Crippen LogP contribution in [0.2, 0.25) is 0 Å². The third-order valence-electron chi connectivity index (χ3n) is 3.73. The van der Waals surface area contributed by atoms with Crippen LogP contribution in [0.3, 0.4) is 0 Å². The highest BCUT2D eigenvalue weighted by Crippen LogP contribution is 2.19. The van der Waals surface area contributed by atoms with Gasteiger partial charge in [0.1, 0.15) is 0 Å². The zero-order chi connectivity index (χ0) is 16.2. The molecule has 1 aromatic rings. The van der Waals surface area contributed by atoms with Crippen molar-refractivity contribution in [3.63, 3.8) is 0 Å². The van der Waals surface area contributed by atoms with Crippen molar-refractivity contribution in [1.82, 2.24) is 4.90 Å². The number of hydrogen-bond acceptors (Lipinski definition) is 3. The van der Waals surface area contributed by atoms with Crippen LogP contribution in [0.5, 0.6) is 0 Å². The SMILES string of the molecule is CCc1ccc(C(=O)N(CC)C(C)CC)cc1S(N)(=O)=O. The zero-order valence-corrected chi connectivity index (χ0v) is 13.9. The number of primary sulfonamides is 1. The minimum atomic E-state index is -3.83. The standard InChI is InChI=1S/C15H24N2O3S/c1-5-11(4)17(7-3)15(18)13-9-8-12(6-2)14(10-13)21(16,19)20/h8-11H,5-7H2,1-4H3,(H2,16,19,20). The number of carbonyl (C=O) groups excluding carboxylic acids is 1. The molecule has 1 atom stereocenters. The average molecular weight is 312 g/mol. The summed E-state index contributed by atoms with van der Waals surface area (Å²) in [6.07, 6.45) is 1.39. The van der Waals surface area contributed by atoms with Gasteiger partial charge in [0.15, 0.2) is 0 Å². The van der Waals surface area contributed by atoms with E-state index < -0.39 is 10.0 Å². The quantitative estimate of drug-likeness (QED) is 0.874. The van der Waals surface area contributed by atoms with Gasteiger partial charge in [-0.05, 0) is 44.4 Å². The monoisotopic (exact) mass is 312 g/mol. The fourth-order valence-corrected chi connectivity index (χ4v) is 3.16. The Labute approximate surface area is 127 Å². The van der Waals surface area contributed by atoms with Crippen molar-refractivity contribution in [1.29, 1.82) is 0 Å². The third kappa shape index (κ3) is 4.04. The number of aryl methyl sites for hydroxylation is 1. The molecule has 0 aliphatic heterocycles. The summed E-state index contributed by atoms with van der Waals surface area (Å²) in [5.74, 6) is -0.167. The molecule has 0 spiro atoms. The highest BCUT2D eigenvalue weighted by Gasteiger charge is 2.21. The summed E-state index contributed by atoms with van der Waals surface area (Å²) < 4.78 is 23.3. The van der Waals surface area contributed by atoms with Crippen LogP contribution in [0.15, 0.2) is 23.1 Å². The third-order valence-corrected chi connectivity index (χ3v) is 4.72. The first kappa shape index (κ1) is 17.7. The molecule has 0 radical (unpaired) electrons. The largest absolute Gasteiger partial charge is 0.336 e. The normalized spacial score (nSPS) is 13.0. The van der Waals surface area contributed by atoms with Crippen molar-refractivity contribution in [2.45, 2.75) is 51.5 Å². The molecule has 1 amide bonds. The lowest BCUT2D eigenvalue weighted by molar-refractivity contribution is 0.0699. The number of carbonyl (C=O) groups is 1. The van der Waals surface area contributed by atoms with Crippen molar-refractivity contribution in [2.75, 3.05) is 6.54 Å². The second-order valence-electron chi connectivity index (χ2n) is 5.07. The number of hydrogen-bond donors (Lipinski definition) is 1. The van der Waals surface area contributed by atoms with E-state index in [1.54, 1.807) is 17.0 Å². The molecule has 0 heterocycles. The highest BCUT2D eigenvalue weighted by atomic mass is 32.2. The Morgan fingerprint density at radius 1 is 1.29 bits per heavy atom. The molecule has 0 saturated heterocycles. The Balaban J connectivity index is 3.29. The van der Waals surface area contributed by atoms with E-state index in [1.807, 2.05) is 27.7 Å². The van der Waals surface area contributed by atoms with Gasteiger partial charge >= 0.3 is 0 Å². The van der Waals surface area contributed by atoms with E-state index >= 15 is 0 Å². The summed E-state index contributed by atoms with van der Waals surface area (Å²) in [4.78, 5) is 14.3. The summed E-state index contributed by atoms with van der Waals surface area (Å²) in [7, 11) is -3.83. The lowest BCUT2D eigenvalue weighted by Crippen LogP contribution is -2.38. The van der Waals surface area contributed by atoms with Crippen molar-refractivity contribution >= 4 is 15.9 Å². The van der Waals surface area contributed by atoms with Gasteiger partial charge in [0, 0.05) is 18.2 Å². The maximum absolute atomic E-state index is 12.5. The Morgan fingerprint density at radius 3 is 2.33 bits per heavy atom. The first-order valence-corrected chi connectivity index (χ1v) is 8.77. The number of amides is 1. The molecule has 0 bridgehead atoms. The number of nitrogens with zero attached hydrogens (tertiary/aromatic N) is 1. The van der Waals surface area contributed by atoms with Gasteiger partial charge in [-0.25, -0.2) is 13.6 Å². The van der Waals surface area contributed by atoms with Crippen molar-refractivity contribution in [2.24, 2.45) is 5.14 Å². The lowest BCUT2D eigenvalue weighted by atomic mass is 10.1. The Kier molecular flexibility index (Phi) is 5.92.